The first-order valence-electron chi connectivity index (χ1n) is 9.46. The van der Waals surface area contributed by atoms with E-state index in [2.05, 4.69) is 30.7 Å². The topological polar surface area (TPSA) is 65.2 Å². The number of hydrogen-bond acceptors (Lipinski definition) is 5. The molecule has 0 saturated carbocycles. The second kappa shape index (κ2) is 6.55. The van der Waals surface area contributed by atoms with Crippen LogP contribution in [0.2, 0.25) is 0 Å². The van der Waals surface area contributed by atoms with Crippen molar-refractivity contribution in [2.45, 2.75) is 53.6 Å². The summed E-state index contributed by atoms with van der Waals surface area (Å²) in [6.07, 6.45) is 0. The highest BCUT2D eigenvalue weighted by atomic mass is 16.5. The monoisotopic (exact) mass is 375 g/mol. The van der Waals surface area contributed by atoms with E-state index in [0.717, 1.165) is 45.0 Å². The third kappa shape index (κ3) is 3.19. The molecule has 0 aliphatic carbocycles. The van der Waals surface area contributed by atoms with Gasteiger partial charge < -0.3 is 4.74 Å². The fraction of sp³-hybridized carbons (Fsp3) is 0.364. The minimum Gasteiger partial charge on any atom is -0.471 e. The van der Waals surface area contributed by atoms with Gasteiger partial charge in [-0.15, -0.1) is 0 Å². The van der Waals surface area contributed by atoms with Gasteiger partial charge in [-0.2, -0.15) is 10.1 Å². The van der Waals surface area contributed by atoms with Gasteiger partial charge in [0.25, 0.3) is 0 Å². The van der Waals surface area contributed by atoms with Gasteiger partial charge in [-0.25, -0.2) is 4.52 Å². The van der Waals surface area contributed by atoms with E-state index in [1.54, 1.807) is 0 Å². The Hall–Kier alpha value is -3.02. The molecule has 0 fully saturated rings. The molecular weight excluding hydrogens is 350 g/mol. The molecule has 0 bridgehead atoms. The smallest absolute Gasteiger partial charge is 0.225 e. The molecular formula is C22H25N5O. The lowest BCUT2D eigenvalue weighted by Crippen LogP contribution is -2.11. The van der Waals surface area contributed by atoms with Crippen LogP contribution in [0.1, 0.15) is 49.2 Å². The summed E-state index contributed by atoms with van der Waals surface area (Å²) in [6, 6.07) is 10.1. The van der Waals surface area contributed by atoms with Crippen molar-refractivity contribution in [1.29, 1.82) is 0 Å². The number of para-hydroxylation sites is 1. The van der Waals surface area contributed by atoms with Gasteiger partial charge >= 0.3 is 0 Å². The zero-order valence-corrected chi connectivity index (χ0v) is 17.2. The standard InChI is InChI=1S/C22H25N5O/c1-13-14(2)24-17(15(3)23-13)12-28-21-16-9-7-8-10-18(16)27-20(25-21)11-19(26-27)22(4,5)6/h7-11H,12H2,1-6H3. The molecule has 1 aromatic carbocycles. The molecule has 0 aliphatic heterocycles. The highest BCUT2D eigenvalue weighted by molar-refractivity contribution is 5.86. The number of fused-ring (bicyclic) bond motifs is 3. The molecule has 144 valence electrons. The summed E-state index contributed by atoms with van der Waals surface area (Å²) in [7, 11) is 0. The third-order valence-corrected chi connectivity index (χ3v) is 4.96. The number of hydrogen-bond donors (Lipinski definition) is 0. The number of aryl methyl sites for hydroxylation is 3. The van der Waals surface area contributed by atoms with Crippen LogP contribution in [0.5, 0.6) is 5.88 Å². The maximum absolute atomic E-state index is 6.13. The Bertz CT molecular complexity index is 1190. The fourth-order valence-electron chi connectivity index (χ4n) is 3.14. The Kier molecular flexibility index (Phi) is 4.29. The van der Waals surface area contributed by atoms with E-state index < -0.39 is 0 Å². The SMILES string of the molecule is Cc1nc(C)c(COc2nc3cc(C(C)(C)C)nn3c3ccccc23)nc1C. The van der Waals surface area contributed by atoms with Crippen LogP contribution in [-0.4, -0.2) is 24.6 Å². The van der Waals surface area contributed by atoms with Gasteiger partial charge in [-0.05, 0) is 32.9 Å². The molecule has 0 saturated heterocycles. The van der Waals surface area contributed by atoms with Gasteiger partial charge in [0, 0.05) is 11.5 Å². The van der Waals surface area contributed by atoms with Crippen LogP contribution < -0.4 is 4.74 Å². The quantitative estimate of drug-likeness (QED) is 0.528. The molecule has 3 heterocycles. The van der Waals surface area contributed by atoms with Crippen LogP contribution in [-0.2, 0) is 12.0 Å². The highest BCUT2D eigenvalue weighted by Gasteiger charge is 2.20. The normalized spacial score (nSPS) is 12.1. The lowest BCUT2D eigenvalue weighted by atomic mass is 9.93. The van der Waals surface area contributed by atoms with Gasteiger partial charge in [-0.1, -0.05) is 32.9 Å². The zero-order chi connectivity index (χ0) is 20.1. The largest absolute Gasteiger partial charge is 0.471 e. The lowest BCUT2D eigenvalue weighted by Gasteiger charge is -2.13. The van der Waals surface area contributed by atoms with E-state index in [1.165, 1.54) is 0 Å². The second-order valence-electron chi connectivity index (χ2n) is 8.20. The minimum absolute atomic E-state index is 0.0536. The molecule has 6 nitrogen and oxygen atoms in total. The summed E-state index contributed by atoms with van der Waals surface area (Å²) in [4.78, 5) is 13.9. The van der Waals surface area contributed by atoms with Gasteiger partial charge in [-0.3, -0.25) is 9.97 Å². The molecule has 0 radical (unpaired) electrons. The van der Waals surface area contributed by atoms with Crippen LogP contribution in [0.25, 0.3) is 16.6 Å². The summed E-state index contributed by atoms with van der Waals surface area (Å²) < 4.78 is 8.02. The lowest BCUT2D eigenvalue weighted by molar-refractivity contribution is 0.292. The maximum atomic E-state index is 6.13. The summed E-state index contributed by atoms with van der Waals surface area (Å²) in [6.45, 7) is 12.7. The minimum atomic E-state index is -0.0536. The number of rotatable bonds is 3. The van der Waals surface area contributed by atoms with Crippen LogP contribution in [0.15, 0.2) is 30.3 Å². The van der Waals surface area contributed by atoms with E-state index in [0.29, 0.717) is 12.5 Å². The van der Waals surface area contributed by atoms with Crippen molar-refractivity contribution in [3.05, 3.63) is 58.8 Å². The Balaban J connectivity index is 1.79. The van der Waals surface area contributed by atoms with E-state index in [1.807, 2.05) is 55.6 Å². The maximum Gasteiger partial charge on any atom is 0.225 e. The molecule has 4 rings (SSSR count). The van der Waals surface area contributed by atoms with Crippen LogP contribution in [0.3, 0.4) is 0 Å². The molecule has 28 heavy (non-hydrogen) atoms. The van der Waals surface area contributed by atoms with Crippen LogP contribution in [0.4, 0.5) is 0 Å². The van der Waals surface area contributed by atoms with Gasteiger partial charge in [0.15, 0.2) is 5.65 Å². The molecule has 4 aromatic rings. The molecule has 6 heteroatoms. The van der Waals surface area contributed by atoms with Crippen molar-refractivity contribution < 1.29 is 4.74 Å². The Labute approximate surface area is 164 Å². The first kappa shape index (κ1) is 18.3. The highest BCUT2D eigenvalue weighted by Crippen LogP contribution is 2.28. The van der Waals surface area contributed by atoms with Crippen LogP contribution in [0, 0.1) is 20.8 Å². The number of nitrogens with zero attached hydrogens (tertiary/aromatic N) is 5. The molecule has 0 atom stereocenters. The average molecular weight is 375 g/mol. The Morgan fingerprint density at radius 1 is 0.929 bits per heavy atom. The average Bonchev–Trinajstić information content (AvgIpc) is 3.08. The summed E-state index contributed by atoms with van der Waals surface area (Å²) >= 11 is 0. The third-order valence-electron chi connectivity index (χ3n) is 4.96. The van der Waals surface area contributed by atoms with Gasteiger partial charge in [0.05, 0.1) is 39.4 Å². The van der Waals surface area contributed by atoms with Crippen LogP contribution >= 0.6 is 0 Å². The summed E-state index contributed by atoms with van der Waals surface area (Å²) in [5.41, 5.74) is 6.27. The molecule has 3 aromatic heterocycles. The fourth-order valence-corrected chi connectivity index (χ4v) is 3.14. The first-order chi connectivity index (χ1) is 13.2. The Morgan fingerprint density at radius 3 is 2.39 bits per heavy atom. The second-order valence-corrected chi connectivity index (χ2v) is 8.20. The summed E-state index contributed by atoms with van der Waals surface area (Å²) in [5, 5.41) is 5.71. The molecule has 0 unspecified atom stereocenters. The molecule has 0 spiro atoms. The zero-order valence-electron chi connectivity index (χ0n) is 17.2. The van der Waals surface area contributed by atoms with Gasteiger partial charge in [0.2, 0.25) is 5.88 Å². The predicted octanol–water partition coefficient (Wildman–Crippen LogP) is 4.47. The van der Waals surface area contributed by atoms with E-state index in [4.69, 9.17) is 14.8 Å². The molecule has 0 aliphatic rings. The predicted molar refractivity (Wildman–Crippen MR) is 110 cm³/mol. The first-order valence-corrected chi connectivity index (χ1v) is 9.46. The van der Waals surface area contributed by atoms with E-state index in [-0.39, 0.29) is 5.41 Å². The van der Waals surface area contributed by atoms with E-state index in [9.17, 15) is 0 Å². The van der Waals surface area contributed by atoms with Crippen molar-refractivity contribution in [3.63, 3.8) is 0 Å². The number of benzene rings is 1. The van der Waals surface area contributed by atoms with Crippen molar-refractivity contribution in [2.24, 2.45) is 0 Å². The summed E-state index contributed by atoms with van der Waals surface area (Å²) in [5.74, 6) is 0.586. The molecule has 0 N–H and O–H groups in total. The van der Waals surface area contributed by atoms with Crippen molar-refractivity contribution >= 4 is 16.6 Å². The molecule has 0 amide bonds. The van der Waals surface area contributed by atoms with Crippen molar-refractivity contribution in [2.75, 3.05) is 0 Å². The van der Waals surface area contributed by atoms with Gasteiger partial charge in [0.1, 0.15) is 6.61 Å². The van der Waals surface area contributed by atoms with Crippen molar-refractivity contribution in [1.82, 2.24) is 24.6 Å². The van der Waals surface area contributed by atoms with Crippen molar-refractivity contribution in [3.8, 4) is 5.88 Å². The van der Waals surface area contributed by atoms with E-state index >= 15 is 0 Å². The number of aromatic nitrogens is 5. The number of ether oxygens (including phenoxy) is 1. The Morgan fingerprint density at radius 2 is 1.64 bits per heavy atom.